The molecule has 7 heteroatoms. The molecule has 0 aromatic carbocycles. The zero-order valence-electron chi connectivity index (χ0n) is 14.3. The third-order valence-corrected chi connectivity index (χ3v) is 3.37. The second-order valence-electron chi connectivity index (χ2n) is 6.79. The number of imide groups is 1. The highest BCUT2D eigenvalue weighted by atomic mass is 16.7. The Kier molecular flexibility index (Phi) is 4.54. The number of ether oxygens (including phenoxy) is 3. The number of β-lactam (4-membered cyclic amide) rings is 1. The van der Waals surface area contributed by atoms with E-state index in [0.29, 0.717) is 5.76 Å². The van der Waals surface area contributed by atoms with Gasteiger partial charge in [0.15, 0.2) is 11.9 Å². The molecule has 0 aliphatic carbocycles. The summed E-state index contributed by atoms with van der Waals surface area (Å²) in [7, 11) is 1.48. The van der Waals surface area contributed by atoms with E-state index in [2.05, 4.69) is 0 Å². The van der Waals surface area contributed by atoms with Crippen LogP contribution < -0.4 is 0 Å². The molecule has 2 heterocycles. The van der Waals surface area contributed by atoms with Crippen LogP contribution in [-0.4, -0.2) is 41.5 Å². The molecule has 2 amide bonds. The molecule has 1 aliphatic heterocycles. The maximum Gasteiger partial charge on any atom is 0.417 e. The number of carbonyl (C=O) groups excluding carboxylic acids is 2. The van der Waals surface area contributed by atoms with E-state index in [4.69, 9.17) is 18.6 Å². The Labute approximate surface area is 135 Å². The number of hydrogen-bond donors (Lipinski definition) is 0. The Morgan fingerprint density at radius 1 is 1.26 bits per heavy atom. The Morgan fingerprint density at radius 3 is 2.39 bits per heavy atom. The molecule has 23 heavy (non-hydrogen) atoms. The van der Waals surface area contributed by atoms with Gasteiger partial charge in [0.1, 0.15) is 17.4 Å². The van der Waals surface area contributed by atoms with Crippen molar-refractivity contribution < 1.29 is 28.2 Å². The molecular formula is C16H23NO6. The summed E-state index contributed by atoms with van der Waals surface area (Å²) in [4.78, 5) is 25.7. The van der Waals surface area contributed by atoms with Crippen molar-refractivity contribution in [1.29, 1.82) is 0 Å². The molecule has 1 saturated heterocycles. The van der Waals surface area contributed by atoms with Crippen LogP contribution >= 0.6 is 0 Å². The highest BCUT2D eigenvalue weighted by molar-refractivity contribution is 6.01. The average molecular weight is 325 g/mol. The summed E-state index contributed by atoms with van der Waals surface area (Å²) in [5.41, 5.74) is -0.706. The smallest absolute Gasteiger partial charge is 0.417 e. The zero-order valence-corrected chi connectivity index (χ0v) is 14.3. The van der Waals surface area contributed by atoms with Crippen molar-refractivity contribution in [3.63, 3.8) is 0 Å². The van der Waals surface area contributed by atoms with Crippen LogP contribution in [0.1, 0.15) is 46.4 Å². The Bertz CT molecular complexity index is 572. The topological polar surface area (TPSA) is 78.2 Å². The van der Waals surface area contributed by atoms with Crippen molar-refractivity contribution in [3.05, 3.63) is 24.2 Å². The van der Waals surface area contributed by atoms with Crippen LogP contribution in [0.5, 0.6) is 0 Å². The van der Waals surface area contributed by atoms with Gasteiger partial charge < -0.3 is 18.6 Å². The summed E-state index contributed by atoms with van der Waals surface area (Å²) >= 11 is 0. The van der Waals surface area contributed by atoms with Crippen LogP contribution in [0.3, 0.4) is 0 Å². The predicted octanol–water partition coefficient (Wildman–Crippen LogP) is 2.87. The first-order valence-corrected chi connectivity index (χ1v) is 7.38. The molecule has 1 aromatic heterocycles. The number of hydrogen-bond acceptors (Lipinski definition) is 6. The first-order valence-electron chi connectivity index (χ1n) is 7.38. The van der Waals surface area contributed by atoms with Gasteiger partial charge in [-0.05, 0) is 46.8 Å². The summed E-state index contributed by atoms with van der Waals surface area (Å²) in [5.74, 6) is -0.997. The number of carbonyl (C=O) groups is 2. The summed E-state index contributed by atoms with van der Waals surface area (Å²) in [6, 6.07) is 2.69. The normalized spacial score (nSPS) is 22.0. The number of likely N-dealkylation sites (tertiary alicyclic amines) is 1. The second-order valence-corrected chi connectivity index (χ2v) is 6.79. The molecule has 2 rings (SSSR count). The lowest BCUT2D eigenvalue weighted by molar-refractivity contribution is -0.253. The Hall–Kier alpha value is -1.86. The first kappa shape index (κ1) is 17.5. The van der Waals surface area contributed by atoms with E-state index in [9.17, 15) is 9.59 Å². The monoisotopic (exact) mass is 325 g/mol. The fourth-order valence-corrected chi connectivity index (χ4v) is 2.18. The summed E-state index contributed by atoms with van der Waals surface area (Å²) in [6.45, 7) is 8.59. The summed E-state index contributed by atoms with van der Waals surface area (Å²) in [5, 5.41) is 0. The number of methoxy groups -OCH3 is 1. The molecule has 1 aliphatic rings. The van der Waals surface area contributed by atoms with Gasteiger partial charge in [0.25, 0.3) is 5.91 Å². The van der Waals surface area contributed by atoms with Gasteiger partial charge in [-0.2, -0.15) is 0 Å². The first-order chi connectivity index (χ1) is 10.6. The van der Waals surface area contributed by atoms with Gasteiger partial charge in [-0.3, -0.25) is 4.79 Å². The highest BCUT2D eigenvalue weighted by Crippen LogP contribution is 2.40. The second kappa shape index (κ2) is 5.98. The van der Waals surface area contributed by atoms with Crippen molar-refractivity contribution >= 4 is 12.0 Å². The number of furan rings is 1. The molecular weight excluding hydrogens is 302 g/mol. The molecule has 128 valence electrons. The fraction of sp³-hybridized carbons (Fsp3) is 0.625. The highest BCUT2D eigenvalue weighted by Gasteiger charge is 2.56. The fourth-order valence-electron chi connectivity index (χ4n) is 2.18. The van der Waals surface area contributed by atoms with Gasteiger partial charge in [-0.1, -0.05) is 0 Å². The lowest BCUT2D eigenvalue weighted by atomic mass is 9.95. The molecule has 0 saturated carbocycles. The standard InChI is InChI=1S/C16H23NO6/c1-15(2,3)23-14(19)17-11(10-8-7-9-21-10)12(13(17)18)22-16(4,5)20-6/h7-9,11-12H,1-6H3/t11-,12+/m1/s1. The number of nitrogens with zero attached hydrogens (tertiary/aromatic N) is 1. The minimum absolute atomic E-state index is 0.451. The third-order valence-electron chi connectivity index (χ3n) is 3.37. The molecule has 0 N–H and O–H groups in total. The van der Waals surface area contributed by atoms with E-state index in [-0.39, 0.29) is 0 Å². The molecule has 1 aromatic rings. The van der Waals surface area contributed by atoms with E-state index in [1.807, 2.05) is 0 Å². The Morgan fingerprint density at radius 2 is 1.91 bits per heavy atom. The predicted molar refractivity (Wildman–Crippen MR) is 80.5 cm³/mol. The number of amides is 2. The Balaban J connectivity index is 2.23. The molecule has 0 bridgehead atoms. The van der Waals surface area contributed by atoms with E-state index in [1.54, 1.807) is 46.8 Å². The maximum absolute atomic E-state index is 12.4. The van der Waals surface area contributed by atoms with Crippen molar-refractivity contribution in [2.45, 2.75) is 58.2 Å². The van der Waals surface area contributed by atoms with E-state index >= 15 is 0 Å². The quantitative estimate of drug-likeness (QED) is 0.626. The van der Waals surface area contributed by atoms with Crippen LogP contribution in [0.15, 0.2) is 22.8 Å². The van der Waals surface area contributed by atoms with Gasteiger partial charge in [0.05, 0.1) is 6.26 Å². The van der Waals surface area contributed by atoms with E-state index in [0.717, 1.165) is 4.90 Å². The maximum atomic E-state index is 12.4. The summed E-state index contributed by atoms with van der Waals surface area (Å²) < 4.78 is 21.5. The van der Waals surface area contributed by atoms with E-state index in [1.165, 1.54) is 13.4 Å². The zero-order chi connectivity index (χ0) is 17.4. The van der Waals surface area contributed by atoms with Crippen molar-refractivity contribution in [2.24, 2.45) is 0 Å². The van der Waals surface area contributed by atoms with Gasteiger partial charge in [-0.25, -0.2) is 9.69 Å². The average Bonchev–Trinajstić information content (AvgIpc) is 2.93. The minimum Gasteiger partial charge on any atom is -0.467 e. The van der Waals surface area contributed by atoms with Gasteiger partial charge in [-0.15, -0.1) is 0 Å². The molecule has 1 fully saturated rings. The van der Waals surface area contributed by atoms with Crippen LogP contribution in [0.25, 0.3) is 0 Å². The molecule has 2 atom stereocenters. The lowest BCUT2D eigenvalue weighted by Crippen LogP contribution is -2.64. The van der Waals surface area contributed by atoms with Gasteiger partial charge >= 0.3 is 6.09 Å². The van der Waals surface area contributed by atoms with Crippen molar-refractivity contribution in [3.8, 4) is 0 Å². The molecule has 0 spiro atoms. The lowest BCUT2D eigenvalue weighted by Gasteiger charge is -2.46. The largest absolute Gasteiger partial charge is 0.467 e. The third kappa shape index (κ3) is 3.73. The van der Waals surface area contributed by atoms with Crippen molar-refractivity contribution in [2.75, 3.05) is 7.11 Å². The number of rotatable bonds is 4. The molecule has 0 radical (unpaired) electrons. The minimum atomic E-state index is -0.967. The van der Waals surface area contributed by atoms with Crippen LogP contribution in [0, 0.1) is 0 Å². The van der Waals surface area contributed by atoms with Crippen molar-refractivity contribution in [1.82, 2.24) is 4.90 Å². The molecule has 0 unspecified atom stereocenters. The van der Waals surface area contributed by atoms with E-state index < -0.39 is 35.5 Å². The molecule has 7 nitrogen and oxygen atoms in total. The SMILES string of the molecule is COC(C)(C)O[C@@H]1C(=O)N(C(=O)OC(C)(C)C)[C@@H]1c1ccco1. The van der Waals surface area contributed by atoms with Crippen LogP contribution in [0.2, 0.25) is 0 Å². The van der Waals surface area contributed by atoms with Crippen LogP contribution in [-0.2, 0) is 19.0 Å². The van der Waals surface area contributed by atoms with Crippen LogP contribution in [0.4, 0.5) is 4.79 Å². The van der Waals surface area contributed by atoms with Gasteiger partial charge in [0, 0.05) is 7.11 Å². The summed E-state index contributed by atoms with van der Waals surface area (Å²) in [6.07, 6.45) is -0.119. The van der Waals surface area contributed by atoms with Gasteiger partial charge in [0.2, 0.25) is 0 Å².